The van der Waals surface area contributed by atoms with Crippen molar-refractivity contribution < 1.29 is 4.74 Å². The molecule has 24 heavy (non-hydrogen) atoms. The van der Waals surface area contributed by atoms with Crippen LogP contribution in [-0.2, 0) is 0 Å². The molecule has 0 atom stereocenters. The van der Waals surface area contributed by atoms with E-state index >= 15 is 0 Å². The lowest BCUT2D eigenvalue weighted by atomic mass is 10.1. The molecule has 0 aliphatic heterocycles. The van der Waals surface area contributed by atoms with Crippen molar-refractivity contribution in [3.8, 4) is 28.8 Å². The number of benzene rings is 2. The zero-order chi connectivity index (χ0) is 16.9. The van der Waals surface area contributed by atoms with Crippen LogP contribution in [0.25, 0.3) is 11.3 Å². The third kappa shape index (κ3) is 3.31. The second kappa shape index (κ2) is 7.02. The fourth-order valence-corrected chi connectivity index (χ4v) is 2.57. The number of ether oxygens (including phenoxy) is 1. The maximum Gasteiger partial charge on any atom is 0.270 e. The summed E-state index contributed by atoms with van der Waals surface area (Å²) in [5, 5.41) is 9.74. The molecule has 0 saturated heterocycles. The minimum Gasteiger partial charge on any atom is -0.457 e. The Hall–Kier alpha value is -3.04. The van der Waals surface area contributed by atoms with Crippen LogP contribution in [0.3, 0.4) is 0 Å². The summed E-state index contributed by atoms with van der Waals surface area (Å²) in [6, 6.07) is 18.5. The summed E-state index contributed by atoms with van der Waals surface area (Å²) in [6.45, 7) is 0. The van der Waals surface area contributed by atoms with E-state index in [4.69, 9.17) is 4.74 Å². The number of para-hydroxylation sites is 1. The summed E-state index contributed by atoms with van der Waals surface area (Å²) in [5.41, 5.74) is 0.552. The first kappa shape index (κ1) is 15.8. The third-order valence-electron chi connectivity index (χ3n) is 3.29. The van der Waals surface area contributed by atoms with Crippen LogP contribution in [0.15, 0.2) is 64.5 Å². The molecule has 0 aliphatic rings. The summed E-state index contributed by atoms with van der Waals surface area (Å²) in [7, 11) is 0. The van der Waals surface area contributed by atoms with E-state index in [1.807, 2.05) is 48.7 Å². The summed E-state index contributed by atoms with van der Waals surface area (Å²) < 4.78 is 5.80. The molecule has 1 N–H and O–H groups in total. The van der Waals surface area contributed by atoms with Crippen LogP contribution in [0.2, 0.25) is 0 Å². The van der Waals surface area contributed by atoms with E-state index in [-0.39, 0.29) is 5.56 Å². The quantitative estimate of drug-likeness (QED) is 0.579. The fraction of sp³-hybridized carbons (Fsp3) is 0.0556. The fourth-order valence-electron chi connectivity index (χ4n) is 2.19. The van der Waals surface area contributed by atoms with Crippen molar-refractivity contribution in [3.05, 3.63) is 70.5 Å². The first-order chi connectivity index (χ1) is 11.7. The molecule has 0 fully saturated rings. The van der Waals surface area contributed by atoms with Gasteiger partial charge in [0.05, 0.1) is 5.69 Å². The number of aromatic nitrogens is 2. The van der Waals surface area contributed by atoms with E-state index in [0.29, 0.717) is 27.9 Å². The Morgan fingerprint density at radius 3 is 2.58 bits per heavy atom. The van der Waals surface area contributed by atoms with Gasteiger partial charge in [-0.2, -0.15) is 5.26 Å². The van der Waals surface area contributed by atoms with Gasteiger partial charge in [-0.25, -0.2) is 4.98 Å². The lowest BCUT2D eigenvalue weighted by molar-refractivity contribution is 0.483. The standard InChI is InChI=1S/C18H13N3O2S/c1-24-18-20-16(15(11-19)17(22)21-18)12-6-5-9-14(10-12)23-13-7-3-2-4-8-13/h2-10H,1H3,(H,20,21,22). The Labute approximate surface area is 143 Å². The first-order valence-electron chi connectivity index (χ1n) is 7.13. The van der Waals surface area contributed by atoms with Gasteiger partial charge in [-0.1, -0.05) is 42.1 Å². The lowest BCUT2D eigenvalue weighted by Crippen LogP contribution is -2.14. The first-order valence-corrected chi connectivity index (χ1v) is 8.35. The van der Waals surface area contributed by atoms with E-state index in [9.17, 15) is 10.1 Å². The van der Waals surface area contributed by atoms with E-state index in [2.05, 4.69) is 9.97 Å². The molecule has 0 saturated carbocycles. The molecule has 3 rings (SSSR count). The molecular formula is C18H13N3O2S. The van der Waals surface area contributed by atoms with Crippen LogP contribution in [0, 0.1) is 11.3 Å². The summed E-state index contributed by atoms with van der Waals surface area (Å²) in [4.78, 5) is 19.0. The molecule has 0 amide bonds. The Kier molecular flexibility index (Phi) is 4.64. The third-order valence-corrected chi connectivity index (χ3v) is 3.87. The minimum absolute atomic E-state index is 0.00957. The molecule has 1 heterocycles. The zero-order valence-electron chi connectivity index (χ0n) is 12.8. The van der Waals surface area contributed by atoms with Gasteiger partial charge >= 0.3 is 0 Å². The highest BCUT2D eigenvalue weighted by Crippen LogP contribution is 2.27. The van der Waals surface area contributed by atoms with Crippen LogP contribution < -0.4 is 10.3 Å². The minimum atomic E-state index is -0.443. The van der Waals surface area contributed by atoms with Gasteiger partial charge < -0.3 is 9.72 Å². The highest BCUT2D eigenvalue weighted by atomic mass is 32.2. The molecule has 0 unspecified atom stereocenters. The number of H-pyrrole nitrogens is 1. The van der Waals surface area contributed by atoms with Crippen LogP contribution in [0.1, 0.15) is 5.56 Å². The smallest absolute Gasteiger partial charge is 0.270 e. The topological polar surface area (TPSA) is 78.8 Å². The van der Waals surface area contributed by atoms with Gasteiger partial charge in [-0.05, 0) is 30.5 Å². The zero-order valence-corrected chi connectivity index (χ0v) is 13.6. The van der Waals surface area contributed by atoms with Gasteiger partial charge in [0.15, 0.2) is 5.16 Å². The number of rotatable bonds is 4. The van der Waals surface area contributed by atoms with Crippen molar-refractivity contribution in [2.45, 2.75) is 5.16 Å². The highest BCUT2D eigenvalue weighted by Gasteiger charge is 2.13. The maximum atomic E-state index is 12.0. The van der Waals surface area contributed by atoms with Crippen molar-refractivity contribution >= 4 is 11.8 Å². The number of hydrogen-bond donors (Lipinski definition) is 1. The van der Waals surface area contributed by atoms with Crippen LogP contribution in [0.5, 0.6) is 11.5 Å². The van der Waals surface area contributed by atoms with Crippen LogP contribution in [-0.4, -0.2) is 16.2 Å². The Bertz CT molecular complexity index is 962. The molecule has 5 nitrogen and oxygen atoms in total. The van der Waals surface area contributed by atoms with Gasteiger partial charge in [-0.3, -0.25) is 4.79 Å². The predicted octanol–water partition coefficient (Wildman–Crippen LogP) is 3.82. The normalized spacial score (nSPS) is 10.2. The molecule has 6 heteroatoms. The Morgan fingerprint density at radius 1 is 1.12 bits per heavy atom. The van der Waals surface area contributed by atoms with Gasteiger partial charge in [0, 0.05) is 5.56 Å². The summed E-state index contributed by atoms with van der Waals surface area (Å²) >= 11 is 1.31. The Morgan fingerprint density at radius 2 is 1.88 bits per heavy atom. The molecule has 1 aromatic heterocycles. The average molecular weight is 335 g/mol. The summed E-state index contributed by atoms with van der Waals surface area (Å²) in [6.07, 6.45) is 1.81. The molecule has 118 valence electrons. The van der Waals surface area contributed by atoms with E-state index in [1.165, 1.54) is 11.8 Å². The second-order valence-electron chi connectivity index (χ2n) is 4.85. The predicted molar refractivity (Wildman–Crippen MR) is 93.3 cm³/mol. The van der Waals surface area contributed by atoms with E-state index in [1.54, 1.807) is 18.2 Å². The molecule has 0 bridgehead atoms. The highest BCUT2D eigenvalue weighted by molar-refractivity contribution is 7.98. The van der Waals surface area contributed by atoms with Gasteiger partial charge in [0.1, 0.15) is 23.1 Å². The SMILES string of the molecule is CSc1nc(-c2cccc(Oc3ccccc3)c2)c(C#N)c(=O)[nH]1. The largest absolute Gasteiger partial charge is 0.457 e. The Balaban J connectivity index is 2.05. The number of hydrogen-bond acceptors (Lipinski definition) is 5. The maximum absolute atomic E-state index is 12.0. The number of nitrogens with zero attached hydrogens (tertiary/aromatic N) is 2. The lowest BCUT2D eigenvalue weighted by Gasteiger charge is -2.09. The van der Waals surface area contributed by atoms with Crippen molar-refractivity contribution in [2.24, 2.45) is 0 Å². The van der Waals surface area contributed by atoms with E-state index < -0.39 is 5.56 Å². The van der Waals surface area contributed by atoms with Crippen LogP contribution in [0.4, 0.5) is 0 Å². The second-order valence-corrected chi connectivity index (χ2v) is 5.65. The molecule has 3 aromatic rings. The van der Waals surface area contributed by atoms with E-state index in [0.717, 1.165) is 0 Å². The van der Waals surface area contributed by atoms with Gasteiger partial charge in [0.25, 0.3) is 5.56 Å². The van der Waals surface area contributed by atoms with Gasteiger partial charge in [-0.15, -0.1) is 0 Å². The monoisotopic (exact) mass is 335 g/mol. The molecule has 0 aliphatic carbocycles. The molecule has 0 spiro atoms. The van der Waals surface area contributed by atoms with Crippen molar-refractivity contribution in [1.29, 1.82) is 5.26 Å². The molecule has 2 aromatic carbocycles. The molecular weight excluding hydrogens is 322 g/mol. The number of nitrogens with one attached hydrogen (secondary N) is 1. The number of thioether (sulfide) groups is 1. The summed E-state index contributed by atoms with van der Waals surface area (Å²) in [5.74, 6) is 1.31. The molecule has 0 radical (unpaired) electrons. The van der Waals surface area contributed by atoms with Crippen molar-refractivity contribution in [3.63, 3.8) is 0 Å². The number of nitriles is 1. The van der Waals surface area contributed by atoms with Crippen LogP contribution >= 0.6 is 11.8 Å². The van der Waals surface area contributed by atoms with Crippen molar-refractivity contribution in [2.75, 3.05) is 6.26 Å². The van der Waals surface area contributed by atoms with Gasteiger partial charge in [0.2, 0.25) is 0 Å². The average Bonchev–Trinajstić information content (AvgIpc) is 2.62. The van der Waals surface area contributed by atoms with Crippen molar-refractivity contribution in [1.82, 2.24) is 9.97 Å². The number of aromatic amines is 1.